The van der Waals surface area contributed by atoms with E-state index in [1.807, 2.05) is 79.7 Å². The summed E-state index contributed by atoms with van der Waals surface area (Å²) >= 11 is 0. The van der Waals surface area contributed by atoms with Gasteiger partial charge in [-0.3, -0.25) is 9.59 Å². The zero-order valence-electron chi connectivity index (χ0n) is 17.4. The molecule has 1 heterocycles. The number of oxime groups is 1. The highest BCUT2D eigenvalue weighted by Crippen LogP contribution is 2.17. The second kappa shape index (κ2) is 10.5. The summed E-state index contributed by atoms with van der Waals surface area (Å²) in [7, 11) is 3.88. The molecule has 2 N–H and O–H groups in total. The van der Waals surface area contributed by atoms with E-state index in [0.717, 1.165) is 23.4 Å². The monoisotopic (exact) mass is 408 g/mol. The van der Waals surface area contributed by atoms with Gasteiger partial charge in [-0.25, -0.2) is 0 Å². The van der Waals surface area contributed by atoms with Crippen molar-refractivity contribution in [1.29, 1.82) is 0 Å². The molecule has 2 aromatic rings. The lowest BCUT2D eigenvalue weighted by atomic mass is 10.0. The van der Waals surface area contributed by atoms with Gasteiger partial charge >= 0.3 is 0 Å². The minimum absolute atomic E-state index is 0.212. The van der Waals surface area contributed by atoms with Gasteiger partial charge < -0.3 is 20.4 Å². The van der Waals surface area contributed by atoms with Gasteiger partial charge in [0.2, 0.25) is 12.0 Å². The Labute approximate surface area is 177 Å². The molecule has 2 atom stereocenters. The van der Waals surface area contributed by atoms with Crippen LogP contribution in [0.15, 0.2) is 65.8 Å². The summed E-state index contributed by atoms with van der Waals surface area (Å²) in [5, 5.41) is 9.82. The van der Waals surface area contributed by atoms with Crippen LogP contribution in [0, 0.1) is 0 Å². The summed E-state index contributed by atoms with van der Waals surface area (Å²) in [6.07, 6.45) is 0.0309. The SMILES string of the molecule is CN(C)CCNC(=O)[C@H](Cc1ccccc1)NC(=O)[C@@H]1CC(c2ccccc2)=NO1. The first kappa shape index (κ1) is 21.5. The van der Waals surface area contributed by atoms with Crippen LogP contribution in [-0.2, 0) is 20.8 Å². The van der Waals surface area contributed by atoms with Crippen molar-refractivity contribution in [1.82, 2.24) is 15.5 Å². The fraction of sp³-hybridized carbons (Fsp3) is 0.348. The third-order valence-corrected chi connectivity index (χ3v) is 4.84. The fourth-order valence-electron chi connectivity index (χ4n) is 3.17. The largest absolute Gasteiger partial charge is 0.382 e. The van der Waals surface area contributed by atoms with Crippen molar-refractivity contribution in [3.63, 3.8) is 0 Å². The second-order valence-electron chi connectivity index (χ2n) is 7.55. The number of carbonyl (C=O) groups excluding carboxylic acids is 2. The van der Waals surface area contributed by atoms with Crippen LogP contribution in [-0.4, -0.2) is 61.8 Å². The van der Waals surface area contributed by atoms with Crippen molar-refractivity contribution < 1.29 is 14.4 Å². The standard InChI is InChI=1S/C23H28N4O3/c1-27(2)14-13-24-22(28)20(15-17-9-5-3-6-10-17)25-23(29)21-16-19(26-30-21)18-11-7-4-8-12-18/h3-12,20-21H,13-16H2,1-2H3,(H,24,28)(H,25,29)/t20-,21-/m0/s1. The van der Waals surface area contributed by atoms with E-state index < -0.39 is 12.1 Å². The normalized spacial score (nSPS) is 16.5. The molecule has 1 aliphatic heterocycles. The zero-order chi connectivity index (χ0) is 21.3. The van der Waals surface area contributed by atoms with Gasteiger partial charge in [0.25, 0.3) is 5.91 Å². The molecular weight excluding hydrogens is 380 g/mol. The van der Waals surface area contributed by atoms with Crippen molar-refractivity contribution in [2.24, 2.45) is 5.16 Å². The lowest BCUT2D eigenvalue weighted by molar-refractivity contribution is -0.135. The smallest absolute Gasteiger partial charge is 0.265 e. The molecule has 0 fully saturated rings. The highest BCUT2D eigenvalue weighted by atomic mass is 16.6. The maximum absolute atomic E-state index is 12.8. The number of hydrogen-bond donors (Lipinski definition) is 2. The maximum Gasteiger partial charge on any atom is 0.265 e. The molecule has 30 heavy (non-hydrogen) atoms. The predicted molar refractivity (Wildman–Crippen MR) is 116 cm³/mol. The molecule has 158 valence electrons. The lowest BCUT2D eigenvalue weighted by Gasteiger charge is -2.20. The molecule has 1 aliphatic rings. The van der Waals surface area contributed by atoms with Crippen molar-refractivity contribution in [2.45, 2.75) is 25.0 Å². The summed E-state index contributed by atoms with van der Waals surface area (Å²) in [5.74, 6) is -0.551. The van der Waals surface area contributed by atoms with Gasteiger partial charge in [-0.1, -0.05) is 65.8 Å². The number of amides is 2. The molecule has 2 aromatic carbocycles. The molecule has 3 rings (SSSR count). The summed E-state index contributed by atoms with van der Waals surface area (Å²) in [5.41, 5.74) is 2.62. The number of rotatable bonds is 9. The molecule has 0 saturated heterocycles. The number of nitrogens with zero attached hydrogens (tertiary/aromatic N) is 2. The number of benzene rings is 2. The van der Waals surface area contributed by atoms with Crippen LogP contribution < -0.4 is 10.6 Å². The minimum Gasteiger partial charge on any atom is -0.382 e. The van der Waals surface area contributed by atoms with E-state index in [2.05, 4.69) is 15.8 Å². The average Bonchev–Trinajstić information content (AvgIpc) is 3.25. The molecule has 7 nitrogen and oxygen atoms in total. The van der Waals surface area contributed by atoms with Crippen molar-refractivity contribution in [3.8, 4) is 0 Å². The Morgan fingerprint density at radius 2 is 1.77 bits per heavy atom. The van der Waals surface area contributed by atoms with Gasteiger partial charge in [0.1, 0.15) is 6.04 Å². The molecule has 0 bridgehead atoms. The van der Waals surface area contributed by atoms with Crippen molar-refractivity contribution in [3.05, 3.63) is 71.8 Å². The third-order valence-electron chi connectivity index (χ3n) is 4.84. The quantitative estimate of drug-likeness (QED) is 0.660. The first-order chi connectivity index (χ1) is 14.5. The second-order valence-corrected chi connectivity index (χ2v) is 7.55. The van der Waals surface area contributed by atoms with Crippen LogP contribution in [0.4, 0.5) is 0 Å². The van der Waals surface area contributed by atoms with Gasteiger partial charge in [-0.05, 0) is 25.2 Å². The third kappa shape index (κ3) is 6.15. The Morgan fingerprint density at radius 1 is 1.10 bits per heavy atom. The summed E-state index contributed by atoms with van der Waals surface area (Å²) in [6, 6.07) is 18.6. The zero-order valence-corrected chi connectivity index (χ0v) is 17.4. The van der Waals surface area contributed by atoms with Crippen LogP contribution in [0.3, 0.4) is 0 Å². The van der Waals surface area contributed by atoms with Gasteiger partial charge in [-0.2, -0.15) is 0 Å². The van der Waals surface area contributed by atoms with E-state index in [-0.39, 0.29) is 11.8 Å². The molecule has 7 heteroatoms. The number of carbonyl (C=O) groups is 2. The van der Waals surface area contributed by atoms with Crippen LogP contribution in [0.1, 0.15) is 17.5 Å². The summed E-state index contributed by atoms with van der Waals surface area (Å²) in [6.45, 7) is 1.23. The summed E-state index contributed by atoms with van der Waals surface area (Å²) < 4.78 is 0. The Morgan fingerprint density at radius 3 is 2.43 bits per heavy atom. The Balaban J connectivity index is 1.62. The van der Waals surface area contributed by atoms with Crippen LogP contribution >= 0.6 is 0 Å². The first-order valence-electron chi connectivity index (χ1n) is 10.1. The predicted octanol–water partition coefficient (Wildman–Crippen LogP) is 1.58. The number of likely N-dealkylation sites (N-methyl/N-ethyl adjacent to an activating group) is 1. The Kier molecular flexibility index (Phi) is 7.57. The molecule has 0 saturated carbocycles. The topological polar surface area (TPSA) is 83.0 Å². The minimum atomic E-state index is -0.743. The number of hydrogen-bond acceptors (Lipinski definition) is 5. The van der Waals surface area contributed by atoms with Gasteiger partial charge in [0.15, 0.2) is 0 Å². The van der Waals surface area contributed by atoms with E-state index in [1.54, 1.807) is 0 Å². The molecule has 2 amide bonds. The van der Waals surface area contributed by atoms with Gasteiger partial charge in [-0.15, -0.1) is 0 Å². The molecule has 0 unspecified atom stereocenters. The van der Waals surface area contributed by atoms with Crippen LogP contribution in [0.25, 0.3) is 0 Å². The number of nitrogens with one attached hydrogen (secondary N) is 2. The van der Waals surface area contributed by atoms with E-state index in [1.165, 1.54) is 0 Å². The van der Waals surface area contributed by atoms with Gasteiger partial charge in [0, 0.05) is 25.9 Å². The molecular formula is C23H28N4O3. The van der Waals surface area contributed by atoms with Crippen molar-refractivity contribution in [2.75, 3.05) is 27.2 Å². The fourth-order valence-corrected chi connectivity index (χ4v) is 3.17. The summed E-state index contributed by atoms with van der Waals surface area (Å²) in [4.78, 5) is 32.9. The van der Waals surface area contributed by atoms with Crippen LogP contribution in [0.5, 0.6) is 0 Å². The van der Waals surface area contributed by atoms with E-state index in [0.29, 0.717) is 19.4 Å². The maximum atomic E-state index is 12.8. The molecule has 0 spiro atoms. The molecule has 0 aromatic heterocycles. The first-order valence-corrected chi connectivity index (χ1v) is 10.1. The van der Waals surface area contributed by atoms with Gasteiger partial charge in [0.05, 0.1) is 5.71 Å². The Bertz CT molecular complexity index is 869. The van der Waals surface area contributed by atoms with E-state index in [4.69, 9.17) is 4.84 Å². The van der Waals surface area contributed by atoms with E-state index >= 15 is 0 Å². The molecule has 0 aliphatic carbocycles. The van der Waals surface area contributed by atoms with Crippen molar-refractivity contribution >= 4 is 17.5 Å². The Hall–Kier alpha value is -3.19. The van der Waals surface area contributed by atoms with E-state index in [9.17, 15) is 9.59 Å². The lowest BCUT2D eigenvalue weighted by Crippen LogP contribution is -2.51. The molecule has 0 radical (unpaired) electrons. The highest BCUT2D eigenvalue weighted by molar-refractivity contribution is 6.04. The average molecular weight is 409 g/mol. The highest BCUT2D eigenvalue weighted by Gasteiger charge is 2.32. The van der Waals surface area contributed by atoms with Crippen LogP contribution in [0.2, 0.25) is 0 Å².